The van der Waals surface area contributed by atoms with Crippen LogP contribution in [0.1, 0.15) is 25.0 Å². The van der Waals surface area contributed by atoms with E-state index < -0.39 is 6.09 Å². The van der Waals surface area contributed by atoms with Gasteiger partial charge in [-0.25, -0.2) is 9.59 Å². The summed E-state index contributed by atoms with van der Waals surface area (Å²) in [5, 5.41) is 2.80. The SMILES string of the molecule is C=C(C)n1c(=O)n(-c2ccc(NC(=O)OCC(C)N(Cc3ccccc3)Cc3ccccc3)cc2)c2ccccc21. The number of amides is 1. The average molecular weight is 547 g/mol. The van der Waals surface area contributed by atoms with Gasteiger partial charge in [0.05, 0.1) is 16.7 Å². The molecular formula is C34H34N4O3. The Labute approximate surface area is 239 Å². The fourth-order valence-corrected chi connectivity index (χ4v) is 4.92. The number of fused-ring (bicyclic) bond motifs is 1. The Morgan fingerprint density at radius 2 is 1.37 bits per heavy atom. The number of nitrogens with one attached hydrogen (secondary N) is 1. The largest absolute Gasteiger partial charge is 0.448 e. The van der Waals surface area contributed by atoms with Crippen LogP contribution in [0.3, 0.4) is 0 Å². The molecule has 0 bridgehead atoms. The number of hydrogen-bond acceptors (Lipinski definition) is 4. The van der Waals surface area contributed by atoms with Crippen molar-refractivity contribution in [1.29, 1.82) is 0 Å². The minimum Gasteiger partial charge on any atom is -0.448 e. The molecular weight excluding hydrogens is 512 g/mol. The van der Waals surface area contributed by atoms with E-state index in [1.165, 1.54) is 11.1 Å². The minimum absolute atomic E-state index is 0.0129. The molecule has 7 nitrogen and oxygen atoms in total. The van der Waals surface area contributed by atoms with Crippen LogP contribution in [0.5, 0.6) is 0 Å². The van der Waals surface area contributed by atoms with Crippen LogP contribution in [0.25, 0.3) is 22.4 Å². The van der Waals surface area contributed by atoms with Crippen molar-refractivity contribution in [3.05, 3.63) is 137 Å². The van der Waals surface area contributed by atoms with E-state index in [1.807, 2.05) is 60.7 Å². The van der Waals surface area contributed by atoms with Gasteiger partial charge >= 0.3 is 11.8 Å². The van der Waals surface area contributed by atoms with Gasteiger partial charge in [-0.15, -0.1) is 0 Å². The summed E-state index contributed by atoms with van der Waals surface area (Å²) in [5.41, 5.74) is 5.69. The predicted octanol–water partition coefficient (Wildman–Crippen LogP) is 6.92. The normalized spacial score (nSPS) is 11.9. The van der Waals surface area contributed by atoms with Crippen LogP contribution in [0.2, 0.25) is 0 Å². The zero-order valence-electron chi connectivity index (χ0n) is 23.4. The highest BCUT2D eigenvalue weighted by Crippen LogP contribution is 2.21. The van der Waals surface area contributed by atoms with Crippen molar-refractivity contribution in [2.24, 2.45) is 0 Å². The Hall–Kier alpha value is -4.88. The Kier molecular flexibility index (Phi) is 8.46. The summed E-state index contributed by atoms with van der Waals surface area (Å²) in [6, 6.07) is 35.3. The molecule has 1 atom stereocenters. The smallest absolute Gasteiger partial charge is 0.411 e. The van der Waals surface area contributed by atoms with Crippen molar-refractivity contribution < 1.29 is 9.53 Å². The zero-order valence-corrected chi connectivity index (χ0v) is 23.4. The van der Waals surface area contributed by atoms with Gasteiger partial charge in [0.15, 0.2) is 0 Å². The number of nitrogens with zero attached hydrogens (tertiary/aromatic N) is 3. The Morgan fingerprint density at radius 1 is 0.829 bits per heavy atom. The van der Waals surface area contributed by atoms with Crippen molar-refractivity contribution >= 4 is 28.5 Å². The molecule has 5 rings (SSSR count). The number of allylic oxidation sites excluding steroid dienone is 1. The van der Waals surface area contributed by atoms with E-state index in [0.29, 0.717) is 17.1 Å². The number of anilines is 1. The first kappa shape index (κ1) is 27.7. The summed E-state index contributed by atoms with van der Waals surface area (Å²) in [6.07, 6.45) is -0.528. The third-order valence-electron chi connectivity index (χ3n) is 7.04. The summed E-state index contributed by atoms with van der Waals surface area (Å²) in [6.45, 7) is 9.54. The number of rotatable bonds is 10. The van der Waals surface area contributed by atoms with E-state index in [4.69, 9.17) is 4.74 Å². The van der Waals surface area contributed by atoms with Gasteiger partial charge in [-0.1, -0.05) is 79.4 Å². The van der Waals surface area contributed by atoms with Crippen LogP contribution in [-0.4, -0.2) is 32.8 Å². The molecule has 1 amide bonds. The predicted molar refractivity (Wildman–Crippen MR) is 165 cm³/mol. The first-order valence-electron chi connectivity index (χ1n) is 13.6. The first-order valence-corrected chi connectivity index (χ1v) is 13.6. The van der Waals surface area contributed by atoms with Crippen molar-refractivity contribution in [2.75, 3.05) is 11.9 Å². The van der Waals surface area contributed by atoms with Gasteiger partial charge in [-0.05, 0) is 61.4 Å². The second-order valence-electron chi connectivity index (χ2n) is 10.2. The number of aromatic nitrogens is 2. The maximum atomic E-state index is 13.2. The van der Waals surface area contributed by atoms with Crippen molar-refractivity contribution in [3.63, 3.8) is 0 Å². The van der Waals surface area contributed by atoms with E-state index in [0.717, 1.165) is 24.1 Å². The summed E-state index contributed by atoms with van der Waals surface area (Å²) >= 11 is 0. The highest BCUT2D eigenvalue weighted by molar-refractivity contribution is 5.85. The molecule has 0 spiro atoms. The quantitative estimate of drug-likeness (QED) is 0.206. The second-order valence-corrected chi connectivity index (χ2v) is 10.2. The van der Waals surface area contributed by atoms with E-state index in [2.05, 4.69) is 48.0 Å². The van der Waals surface area contributed by atoms with Crippen LogP contribution in [0.15, 0.2) is 121 Å². The molecule has 1 aromatic heterocycles. The number of para-hydroxylation sites is 2. The fraction of sp³-hybridized carbons (Fsp3) is 0.176. The van der Waals surface area contributed by atoms with Crippen LogP contribution in [0, 0.1) is 0 Å². The van der Waals surface area contributed by atoms with Gasteiger partial charge in [0.1, 0.15) is 6.61 Å². The topological polar surface area (TPSA) is 68.5 Å². The lowest BCUT2D eigenvalue weighted by Gasteiger charge is -2.29. The van der Waals surface area contributed by atoms with Crippen molar-refractivity contribution in [2.45, 2.75) is 33.0 Å². The Balaban J connectivity index is 1.24. The maximum Gasteiger partial charge on any atom is 0.411 e. The molecule has 7 heteroatoms. The highest BCUT2D eigenvalue weighted by atomic mass is 16.5. The van der Waals surface area contributed by atoms with Gasteiger partial charge in [0.25, 0.3) is 0 Å². The molecule has 1 unspecified atom stereocenters. The lowest BCUT2D eigenvalue weighted by molar-refractivity contribution is 0.0966. The third-order valence-corrected chi connectivity index (χ3v) is 7.04. The Morgan fingerprint density at radius 3 is 1.93 bits per heavy atom. The van der Waals surface area contributed by atoms with Gasteiger partial charge in [-0.2, -0.15) is 0 Å². The van der Waals surface area contributed by atoms with Crippen molar-refractivity contribution in [1.82, 2.24) is 14.0 Å². The lowest BCUT2D eigenvalue weighted by atomic mass is 10.1. The first-order chi connectivity index (χ1) is 19.9. The number of imidazole rings is 1. The van der Waals surface area contributed by atoms with Gasteiger partial charge in [0.2, 0.25) is 0 Å². The number of carbonyl (C=O) groups is 1. The molecule has 208 valence electrons. The standard InChI is InChI=1S/C34H34N4O3/c1-25(2)37-31-16-10-11-17-32(31)38(34(37)40)30-20-18-29(19-21-30)35-33(39)41-24-26(3)36(22-27-12-6-4-7-13-27)23-28-14-8-5-9-15-28/h4-21,26H,1,22-24H2,2-3H3,(H,35,39). The molecule has 0 fully saturated rings. The number of benzene rings is 4. The number of hydrogen-bond donors (Lipinski definition) is 1. The Bertz CT molecular complexity index is 1650. The number of carbonyl (C=O) groups excluding carboxylic acids is 1. The van der Waals surface area contributed by atoms with Gasteiger partial charge in [-0.3, -0.25) is 19.4 Å². The molecule has 4 aromatic carbocycles. The van der Waals surface area contributed by atoms with Crippen LogP contribution < -0.4 is 11.0 Å². The maximum absolute atomic E-state index is 13.2. The summed E-state index contributed by atoms with van der Waals surface area (Å²) < 4.78 is 8.86. The summed E-state index contributed by atoms with van der Waals surface area (Å²) in [7, 11) is 0. The zero-order chi connectivity index (χ0) is 28.8. The molecule has 1 heterocycles. The average Bonchev–Trinajstić information content (AvgIpc) is 3.29. The van der Waals surface area contributed by atoms with Crippen LogP contribution in [0.4, 0.5) is 10.5 Å². The van der Waals surface area contributed by atoms with E-state index >= 15 is 0 Å². The molecule has 41 heavy (non-hydrogen) atoms. The van der Waals surface area contributed by atoms with Crippen LogP contribution >= 0.6 is 0 Å². The monoisotopic (exact) mass is 546 g/mol. The molecule has 0 aliphatic rings. The third kappa shape index (κ3) is 6.48. The molecule has 0 aliphatic carbocycles. The highest BCUT2D eigenvalue weighted by Gasteiger charge is 2.18. The second kappa shape index (κ2) is 12.5. The van der Waals surface area contributed by atoms with Crippen LogP contribution in [-0.2, 0) is 17.8 Å². The number of ether oxygens (including phenoxy) is 1. The van der Waals surface area contributed by atoms with E-state index in [9.17, 15) is 9.59 Å². The molecule has 0 saturated heterocycles. The van der Waals surface area contributed by atoms with Gasteiger partial charge < -0.3 is 4.74 Å². The van der Waals surface area contributed by atoms with E-state index in [1.54, 1.807) is 40.3 Å². The minimum atomic E-state index is -0.528. The molecule has 0 radical (unpaired) electrons. The van der Waals surface area contributed by atoms with Crippen molar-refractivity contribution in [3.8, 4) is 5.69 Å². The molecule has 0 saturated carbocycles. The fourth-order valence-electron chi connectivity index (χ4n) is 4.92. The lowest BCUT2D eigenvalue weighted by Crippen LogP contribution is -2.36. The molecule has 5 aromatic rings. The summed E-state index contributed by atoms with van der Waals surface area (Å²) in [4.78, 5) is 28.2. The van der Waals surface area contributed by atoms with E-state index in [-0.39, 0.29) is 18.3 Å². The molecule has 1 N–H and O–H groups in total. The molecule has 0 aliphatic heterocycles. The van der Waals surface area contributed by atoms with Gasteiger partial charge in [0, 0.05) is 30.5 Å². The summed E-state index contributed by atoms with van der Waals surface area (Å²) in [5.74, 6) is 0.